The molecule has 0 spiro atoms. The van der Waals surface area contributed by atoms with Crippen LogP contribution < -0.4 is 14.8 Å². The standard InChI is InChI=1S/C19H21ClN2O3S/c1-5-7-25-17-15(20)8-13(9-16(17)24-6-2)18(23)22-19-14(10-21)11(3)12(4)26-19/h8-9H,5-7H2,1-4H3,(H,22,23). The predicted octanol–water partition coefficient (Wildman–Crippen LogP) is 5.33. The van der Waals surface area contributed by atoms with Crippen molar-refractivity contribution >= 4 is 33.8 Å². The van der Waals surface area contributed by atoms with E-state index in [2.05, 4.69) is 11.4 Å². The number of carbonyl (C=O) groups excluding carboxylic acids is 1. The number of thiophene rings is 1. The quantitative estimate of drug-likeness (QED) is 0.691. The molecule has 0 atom stereocenters. The lowest BCUT2D eigenvalue weighted by molar-refractivity contribution is 0.102. The van der Waals surface area contributed by atoms with Gasteiger partial charge in [-0.1, -0.05) is 18.5 Å². The number of nitriles is 1. The second-order valence-corrected chi connectivity index (χ2v) is 7.25. The average molecular weight is 393 g/mol. The number of nitrogens with one attached hydrogen (secondary N) is 1. The fourth-order valence-corrected chi connectivity index (χ4v) is 3.60. The van der Waals surface area contributed by atoms with Crippen LogP contribution >= 0.6 is 22.9 Å². The summed E-state index contributed by atoms with van der Waals surface area (Å²) in [6.07, 6.45) is 0.831. The van der Waals surface area contributed by atoms with Gasteiger partial charge in [-0.2, -0.15) is 5.26 Å². The SMILES string of the molecule is CCCOc1c(Cl)cc(C(=O)Nc2sc(C)c(C)c2C#N)cc1OCC. The Balaban J connectivity index is 2.34. The summed E-state index contributed by atoms with van der Waals surface area (Å²) in [7, 11) is 0. The monoisotopic (exact) mass is 392 g/mol. The lowest BCUT2D eigenvalue weighted by Crippen LogP contribution is -2.12. The summed E-state index contributed by atoms with van der Waals surface area (Å²) in [6.45, 7) is 8.55. The zero-order valence-electron chi connectivity index (χ0n) is 15.2. The van der Waals surface area contributed by atoms with Gasteiger partial charge in [-0.25, -0.2) is 0 Å². The van der Waals surface area contributed by atoms with E-state index in [9.17, 15) is 10.1 Å². The Labute approximate surface area is 162 Å². The van der Waals surface area contributed by atoms with Crippen LogP contribution in [0.5, 0.6) is 11.5 Å². The van der Waals surface area contributed by atoms with Crippen LogP contribution in [0.2, 0.25) is 5.02 Å². The van der Waals surface area contributed by atoms with Gasteiger partial charge in [0.2, 0.25) is 0 Å². The van der Waals surface area contributed by atoms with Gasteiger partial charge >= 0.3 is 0 Å². The number of carbonyl (C=O) groups is 1. The number of ether oxygens (including phenoxy) is 2. The molecular formula is C19H21ClN2O3S. The molecule has 5 nitrogen and oxygen atoms in total. The van der Waals surface area contributed by atoms with Crippen molar-refractivity contribution in [3.8, 4) is 17.6 Å². The van der Waals surface area contributed by atoms with Gasteiger partial charge in [-0.05, 0) is 44.9 Å². The normalized spacial score (nSPS) is 10.3. The van der Waals surface area contributed by atoms with E-state index in [4.69, 9.17) is 21.1 Å². The molecule has 0 saturated heterocycles. The van der Waals surface area contributed by atoms with Gasteiger partial charge in [0.15, 0.2) is 11.5 Å². The minimum absolute atomic E-state index is 0.314. The number of halogens is 1. The molecule has 0 aliphatic heterocycles. The minimum atomic E-state index is -0.354. The van der Waals surface area contributed by atoms with Crippen molar-refractivity contribution in [1.82, 2.24) is 0 Å². The molecule has 0 aliphatic rings. The van der Waals surface area contributed by atoms with E-state index in [-0.39, 0.29) is 5.91 Å². The number of hydrogen-bond acceptors (Lipinski definition) is 5. The molecule has 0 saturated carbocycles. The van der Waals surface area contributed by atoms with Gasteiger partial charge in [0.1, 0.15) is 11.1 Å². The second kappa shape index (κ2) is 8.93. The molecule has 0 bridgehead atoms. The maximum atomic E-state index is 12.7. The Hall–Kier alpha value is -2.23. The van der Waals surface area contributed by atoms with Gasteiger partial charge in [-0.15, -0.1) is 11.3 Å². The Bertz CT molecular complexity index is 855. The summed E-state index contributed by atoms with van der Waals surface area (Å²) in [4.78, 5) is 13.7. The maximum absolute atomic E-state index is 12.7. The summed E-state index contributed by atoms with van der Waals surface area (Å²) in [6, 6.07) is 5.29. The van der Waals surface area contributed by atoms with Crippen molar-refractivity contribution in [2.75, 3.05) is 18.5 Å². The minimum Gasteiger partial charge on any atom is -0.490 e. The molecule has 0 unspecified atom stereocenters. The molecule has 1 aromatic heterocycles. The molecule has 1 aromatic carbocycles. The predicted molar refractivity (Wildman–Crippen MR) is 105 cm³/mol. The highest BCUT2D eigenvalue weighted by molar-refractivity contribution is 7.16. The summed E-state index contributed by atoms with van der Waals surface area (Å²) < 4.78 is 11.2. The zero-order valence-corrected chi connectivity index (χ0v) is 16.8. The Morgan fingerprint density at radius 3 is 2.65 bits per heavy atom. The first kappa shape index (κ1) is 20.1. The van der Waals surface area contributed by atoms with Crippen LogP contribution in [0.15, 0.2) is 12.1 Å². The molecule has 1 amide bonds. The Morgan fingerprint density at radius 2 is 2.04 bits per heavy atom. The molecule has 7 heteroatoms. The van der Waals surface area contributed by atoms with E-state index in [0.29, 0.717) is 45.9 Å². The van der Waals surface area contributed by atoms with E-state index < -0.39 is 0 Å². The summed E-state index contributed by atoms with van der Waals surface area (Å²) in [5.74, 6) is 0.512. The number of rotatable bonds is 7. The van der Waals surface area contributed by atoms with Crippen molar-refractivity contribution in [2.24, 2.45) is 0 Å². The van der Waals surface area contributed by atoms with E-state index in [1.165, 1.54) is 11.3 Å². The smallest absolute Gasteiger partial charge is 0.256 e. The Kier molecular flexibility index (Phi) is 6.90. The number of amides is 1. The molecule has 0 aliphatic carbocycles. The number of anilines is 1. The van der Waals surface area contributed by atoms with Crippen LogP contribution in [0.1, 0.15) is 46.6 Å². The molecule has 2 rings (SSSR count). The second-order valence-electron chi connectivity index (χ2n) is 5.62. The first-order valence-corrected chi connectivity index (χ1v) is 9.52. The molecule has 26 heavy (non-hydrogen) atoms. The topological polar surface area (TPSA) is 71.3 Å². The number of benzene rings is 1. The lowest BCUT2D eigenvalue weighted by atomic mass is 10.1. The van der Waals surface area contributed by atoms with E-state index >= 15 is 0 Å². The lowest BCUT2D eigenvalue weighted by Gasteiger charge is -2.14. The van der Waals surface area contributed by atoms with Gasteiger partial charge in [0.25, 0.3) is 5.91 Å². The Morgan fingerprint density at radius 1 is 1.31 bits per heavy atom. The van der Waals surface area contributed by atoms with Crippen LogP contribution in [0.4, 0.5) is 5.00 Å². The number of nitrogens with zero attached hydrogens (tertiary/aromatic N) is 1. The molecule has 138 valence electrons. The fraction of sp³-hybridized carbons (Fsp3) is 0.368. The van der Waals surface area contributed by atoms with Crippen LogP contribution in [0.25, 0.3) is 0 Å². The first-order chi connectivity index (χ1) is 12.4. The summed E-state index contributed by atoms with van der Waals surface area (Å²) in [5.41, 5.74) is 1.71. The van der Waals surface area contributed by atoms with Crippen molar-refractivity contribution in [1.29, 1.82) is 5.26 Å². The van der Waals surface area contributed by atoms with Crippen LogP contribution in [-0.2, 0) is 0 Å². The third-order valence-electron chi connectivity index (χ3n) is 3.75. The van der Waals surface area contributed by atoms with Gasteiger partial charge in [-0.3, -0.25) is 4.79 Å². The highest BCUT2D eigenvalue weighted by Gasteiger charge is 2.19. The van der Waals surface area contributed by atoms with E-state index in [1.54, 1.807) is 12.1 Å². The van der Waals surface area contributed by atoms with Crippen molar-refractivity contribution in [3.05, 3.63) is 38.7 Å². The average Bonchev–Trinajstić information content (AvgIpc) is 2.87. The zero-order chi connectivity index (χ0) is 19.3. The molecule has 2 aromatic rings. The van der Waals surface area contributed by atoms with Gasteiger partial charge in [0.05, 0.1) is 23.8 Å². The van der Waals surface area contributed by atoms with Gasteiger partial charge < -0.3 is 14.8 Å². The summed E-state index contributed by atoms with van der Waals surface area (Å²) in [5, 5.41) is 13.0. The van der Waals surface area contributed by atoms with Crippen LogP contribution in [0.3, 0.4) is 0 Å². The number of aryl methyl sites for hydroxylation is 1. The van der Waals surface area contributed by atoms with Gasteiger partial charge in [0, 0.05) is 10.4 Å². The molecule has 0 radical (unpaired) electrons. The third kappa shape index (κ3) is 4.29. The van der Waals surface area contributed by atoms with Crippen LogP contribution in [-0.4, -0.2) is 19.1 Å². The molecule has 0 fully saturated rings. The molecule has 1 N–H and O–H groups in total. The first-order valence-electron chi connectivity index (χ1n) is 8.33. The van der Waals surface area contributed by atoms with E-state index in [1.807, 2.05) is 27.7 Å². The molecule has 1 heterocycles. The fourth-order valence-electron chi connectivity index (χ4n) is 2.33. The van der Waals surface area contributed by atoms with Crippen molar-refractivity contribution in [3.63, 3.8) is 0 Å². The highest BCUT2D eigenvalue weighted by atomic mass is 35.5. The highest BCUT2D eigenvalue weighted by Crippen LogP contribution is 2.38. The molecular weight excluding hydrogens is 372 g/mol. The van der Waals surface area contributed by atoms with Crippen molar-refractivity contribution in [2.45, 2.75) is 34.1 Å². The number of hydrogen-bond donors (Lipinski definition) is 1. The van der Waals surface area contributed by atoms with Crippen molar-refractivity contribution < 1.29 is 14.3 Å². The third-order valence-corrected chi connectivity index (χ3v) is 5.15. The largest absolute Gasteiger partial charge is 0.490 e. The van der Waals surface area contributed by atoms with Crippen LogP contribution in [0, 0.1) is 25.2 Å². The summed E-state index contributed by atoms with van der Waals surface area (Å²) >= 11 is 7.68. The maximum Gasteiger partial charge on any atom is 0.256 e. The van der Waals surface area contributed by atoms with E-state index in [0.717, 1.165) is 16.9 Å².